The first-order valence-electron chi connectivity index (χ1n) is 9.15. The van der Waals surface area contributed by atoms with E-state index >= 15 is 0 Å². The zero-order valence-corrected chi connectivity index (χ0v) is 16.4. The molecule has 0 N–H and O–H groups in total. The molecule has 1 aliphatic rings. The zero-order valence-electron chi connectivity index (χ0n) is 16.4. The van der Waals surface area contributed by atoms with E-state index in [0.717, 1.165) is 25.7 Å². The van der Waals surface area contributed by atoms with Crippen molar-refractivity contribution >= 4 is 11.9 Å². The van der Waals surface area contributed by atoms with Crippen molar-refractivity contribution in [3.8, 4) is 0 Å². The minimum atomic E-state index is -0.566. The number of rotatable bonds is 10. The van der Waals surface area contributed by atoms with E-state index in [9.17, 15) is 9.59 Å². The van der Waals surface area contributed by atoms with Crippen molar-refractivity contribution in [2.45, 2.75) is 66.0 Å². The molecule has 0 heterocycles. The molecule has 1 aliphatic carbocycles. The second-order valence-electron chi connectivity index (χ2n) is 7.06. The van der Waals surface area contributed by atoms with Gasteiger partial charge in [0.2, 0.25) is 0 Å². The smallest absolute Gasteiger partial charge is 0.335 e. The minimum absolute atomic E-state index is 0.365. The summed E-state index contributed by atoms with van der Waals surface area (Å²) in [5.74, 6) is 0.0476. The molecule has 2 atom stereocenters. The summed E-state index contributed by atoms with van der Waals surface area (Å²) in [6, 6.07) is 0. The van der Waals surface area contributed by atoms with Gasteiger partial charge in [-0.05, 0) is 65.2 Å². The fraction of sp³-hybridized carbons (Fsp3) is 0.700. The Morgan fingerprint density at radius 1 is 0.808 bits per heavy atom. The van der Waals surface area contributed by atoms with Crippen molar-refractivity contribution < 1.29 is 28.5 Å². The van der Waals surface area contributed by atoms with Crippen LogP contribution in [0.25, 0.3) is 0 Å². The van der Waals surface area contributed by atoms with Crippen LogP contribution in [0.4, 0.5) is 0 Å². The highest BCUT2D eigenvalue weighted by molar-refractivity contribution is 5.87. The van der Waals surface area contributed by atoms with Crippen LogP contribution < -0.4 is 0 Å². The normalized spacial score (nSPS) is 22.2. The summed E-state index contributed by atoms with van der Waals surface area (Å²) in [5.41, 5.74) is 0.730. The second-order valence-corrected chi connectivity index (χ2v) is 7.06. The first-order valence-corrected chi connectivity index (χ1v) is 9.15. The van der Waals surface area contributed by atoms with Crippen molar-refractivity contribution in [3.63, 3.8) is 0 Å². The topological polar surface area (TPSA) is 71.1 Å². The SMILES string of the molecule is C=C(C)C(=O)OC(C)OCC1CCC(COC(C)OC(=O)C(=C)C)CC1. The Kier molecular flexibility index (Phi) is 9.59. The predicted molar refractivity (Wildman–Crippen MR) is 98.1 cm³/mol. The molecule has 26 heavy (non-hydrogen) atoms. The molecule has 2 unspecified atom stereocenters. The fourth-order valence-corrected chi connectivity index (χ4v) is 2.68. The number of esters is 2. The summed E-state index contributed by atoms with van der Waals surface area (Å²) in [6.07, 6.45) is 3.02. The van der Waals surface area contributed by atoms with E-state index in [1.807, 2.05) is 0 Å². The van der Waals surface area contributed by atoms with Gasteiger partial charge in [-0.1, -0.05) is 13.2 Å². The fourth-order valence-electron chi connectivity index (χ4n) is 2.68. The molecule has 0 radical (unpaired) electrons. The van der Waals surface area contributed by atoms with Crippen molar-refractivity contribution in [2.24, 2.45) is 11.8 Å². The maximum absolute atomic E-state index is 11.4. The van der Waals surface area contributed by atoms with E-state index in [-0.39, 0.29) is 0 Å². The van der Waals surface area contributed by atoms with Crippen LogP contribution in [0.5, 0.6) is 0 Å². The van der Waals surface area contributed by atoms with Gasteiger partial charge in [0.05, 0.1) is 13.2 Å². The number of hydrogen-bond acceptors (Lipinski definition) is 6. The number of carbonyl (C=O) groups is 2. The van der Waals surface area contributed by atoms with Crippen LogP contribution in [0, 0.1) is 11.8 Å². The lowest BCUT2D eigenvalue weighted by Crippen LogP contribution is -2.27. The molecule has 1 saturated carbocycles. The Bertz CT molecular complexity index is 458. The summed E-state index contributed by atoms with van der Waals surface area (Å²) >= 11 is 0. The van der Waals surface area contributed by atoms with E-state index in [4.69, 9.17) is 18.9 Å². The molecule has 0 aromatic heterocycles. The average Bonchev–Trinajstić information content (AvgIpc) is 2.58. The second kappa shape index (κ2) is 11.1. The van der Waals surface area contributed by atoms with Gasteiger partial charge >= 0.3 is 11.9 Å². The molecule has 0 aliphatic heterocycles. The molecule has 148 valence electrons. The standard InChI is InChI=1S/C20H32O6/c1-13(2)19(21)25-15(5)23-11-17-7-9-18(10-8-17)12-24-16(6)26-20(22)14(3)4/h15-18H,1,3,7-12H2,2,4-6H3. The molecule has 1 fully saturated rings. The van der Waals surface area contributed by atoms with Gasteiger partial charge < -0.3 is 18.9 Å². The van der Waals surface area contributed by atoms with E-state index in [1.165, 1.54) is 0 Å². The Morgan fingerprint density at radius 2 is 1.12 bits per heavy atom. The number of hydrogen-bond donors (Lipinski definition) is 0. The van der Waals surface area contributed by atoms with Gasteiger partial charge in [0.25, 0.3) is 0 Å². The maximum Gasteiger partial charge on any atom is 0.335 e. The lowest BCUT2D eigenvalue weighted by atomic mass is 9.83. The van der Waals surface area contributed by atoms with Crippen molar-refractivity contribution in [1.82, 2.24) is 0 Å². The minimum Gasteiger partial charge on any atom is -0.433 e. The highest BCUT2D eigenvalue weighted by atomic mass is 16.7. The summed E-state index contributed by atoms with van der Waals surface area (Å²) in [6.45, 7) is 14.9. The Balaban J connectivity index is 2.18. The summed E-state index contributed by atoms with van der Waals surface area (Å²) < 4.78 is 21.5. The van der Waals surface area contributed by atoms with E-state index in [1.54, 1.807) is 27.7 Å². The summed E-state index contributed by atoms with van der Waals surface area (Å²) in [5, 5.41) is 0. The highest BCUT2D eigenvalue weighted by Crippen LogP contribution is 2.29. The Labute approximate surface area is 156 Å². The quantitative estimate of drug-likeness (QED) is 0.332. The molecular weight excluding hydrogens is 336 g/mol. The predicted octanol–water partition coefficient (Wildman–Crippen LogP) is 3.76. The summed E-state index contributed by atoms with van der Waals surface area (Å²) in [7, 11) is 0. The molecule has 6 heteroatoms. The van der Waals surface area contributed by atoms with Crippen molar-refractivity contribution in [2.75, 3.05) is 13.2 Å². The molecule has 6 nitrogen and oxygen atoms in total. The summed E-state index contributed by atoms with van der Waals surface area (Å²) in [4.78, 5) is 22.9. The molecule has 1 rings (SSSR count). The molecule has 0 bridgehead atoms. The molecule has 0 saturated heterocycles. The Hall–Kier alpha value is -1.66. The third-order valence-corrected chi connectivity index (χ3v) is 4.34. The van der Waals surface area contributed by atoms with Gasteiger partial charge in [-0.3, -0.25) is 0 Å². The van der Waals surface area contributed by atoms with Crippen LogP contribution in [0.3, 0.4) is 0 Å². The van der Waals surface area contributed by atoms with Crippen molar-refractivity contribution in [3.05, 3.63) is 24.3 Å². The van der Waals surface area contributed by atoms with Gasteiger partial charge in [0.1, 0.15) is 0 Å². The van der Waals surface area contributed by atoms with Gasteiger partial charge in [0, 0.05) is 11.1 Å². The largest absolute Gasteiger partial charge is 0.433 e. The van der Waals surface area contributed by atoms with E-state index < -0.39 is 24.5 Å². The van der Waals surface area contributed by atoms with E-state index in [2.05, 4.69) is 13.2 Å². The molecule has 0 aromatic rings. The highest BCUT2D eigenvalue weighted by Gasteiger charge is 2.23. The third-order valence-electron chi connectivity index (χ3n) is 4.34. The molecule has 0 aromatic carbocycles. The monoisotopic (exact) mass is 368 g/mol. The Morgan fingerprint density at radius 3 is 1.38 bits per heavy atom. The molecule has 0 amide bonds. The molecular formula is C20H32O6. The van der Waals surface area contributed by atoms with Crippen LogP contribution in [0.15, 0.2) is 24.3 Å². The van der Waals surface area contributed by atoms with Gasteiger partial charge in [-0.2, -0.15) is 0 Å². The number of ether oxygens (including phenoxy) is 4. The third kappa shape index (κ3) is 8.63. The van der Waals surface area contributed by atoms with E-state index in [0.29, 0.717) is 36.2 Å². The van der Waals surface area contributed by atoms with Crippen LogP contribution in [0.2, 0.25) is 0 Å². The first-order chi connectivity index (χ1) is 12.2. The van der Waals surface area contributed by atoms with Crippen LogP contribution >= 0.6 is 0 Å². The molecule has 0 spiro atoms. The maximum atomic E-state index is 11.4. The van der Waals surface area contributed by atoms with Crippen LogP contribution in [-0.4, -0.2) is 37.7 Å². The van der Waals surface area contributed by atoms with Gasteiger partial charge in [-0.25, -0.2) is 9.59 Å². The lowest BCUT2D eigenvalue weighted by molar-refractivity contribution is -0.176. The van der Waals surface area contributed by atoms with Crippen LogP contribution in [-0.2, 0) is 28.5 Å². The zero-order chi connectivity index (χ0) is 19.7. The average molecular weight is 368 g/mol. The van der Waals surface area contributed by atoms with Gasteiger partial charge in [-0.15, -0.1) is 0 Å². The first kappa shape index (κ1) is 22.4. The number of carbonyl (C=O) groups excluding carboxylic acids is 2. The van der Waals surface area contributed by atoms with Crippen LogP contribution in [0.1, 0.15) is 53.4 Å². The van der Waals surface area contributed by atoms with Gasteiger partial charge in [0.15, 0.2) is 12.6 Å². The lowest BCUT2D eigenvalue weighted by Gasteiger charge is -2.29. The van der Waals surface area contributed by atoms with Crippen molar-refractivity contribution in [1.29, 1.82) is 0 Å².